The van der Waals surface area contributed by atoms with Gasteiger partial charge in [0.05, 0.1) is 10.6 Å². The highest BCUT2D eigenvalue weighted by Crippen LogP contribution is 2.12. The highest BCUT2D eigenvalue weighted by Gasteiger charge is 2.04. The first-order chi connectivity index (χ1) is 9.69. The molecular formula is C14H18N4OS. The van der Waals surface area contributed by atoms with Crippen molar-refractivity contribution in [1.82, 2.24) is 15.3 Å². The molecule has 2 aromatic rings. The lowest BCUT2D eigenvalue weighted by Crippen LogP contribution is -2.22. The van der Waals surface area contributed by atoms with E-state index in [9.17, 15) is 4.79 Å². The fraction of sp³-hybridized carbons (Fsp3) is 0.357. The van der Waals surface area contributed by atoms with E-state index in [1.54, 1.807) is 23.6 Å². The molecule has 0 unspecified atom stereocenters. The van der Waals surface area contributed by atoms with Gasteiger partial charge in [-0.15, -0.1) is 11.3 Å². The number of hydrogen-bond donors (Lipinski definition) is 2. The quantitative estimate of drug-likeness (QED) is 0.856. The number of aryl methyl sites for hydroxylation is 1. The molecule has 2 heterocycles. The van der Waals surface area contributed by atoms with Gasteiger partial charge in [0.25, 0.3) is 5.91 Å². The van der Waals surface area contributed by atoms with Gasteiger partial charge < -0.3 is 10.6 Å². The maximum absolute atomic E-state index is 11.6. The number of nitrogens with one attached hydrogen (secondary N) is 2. The summed E-state index contributed by atoms with van der Waals surface area (Å²) in [5, 5.41) is 7.09. The van der Waals surface area contributed by atoms with Gasteiger partial charge in [-0.2, -0.15) is 0 Å². The maximum Gasteiger partial charge on any atom is 0.252 e. The van der Waals surface area contributed by atoms with Crippen LogP contribution in [0.4, 0.5) is 5.82 Å². The Morgan fingerprint density at radius 1 is 1.30 bits per heavy atom. The number of carbonyl (C=O) groups excluding carboxylic acids is 1. The second kappa shape index (κ2) is 7.00. The molecule has 0 aliphatic rings. The fourth-order valence-electron chi connectivity index (χ4n) is 1.71. The van der Waals surface area contributed by atoms with Gasteiger partial charge >= 0.3 is 0 Å². The molecule has 0 spiro atoms. The van der Waals surface area contributed by atoms with E-state index in [1.165, 1.54) is 4.88 Å². The van der Waals surface area contributed by atoms with Crippen LogP contribution in [0.2, 0.25) is 0 Å². The third kappa shape index (κ3) is 4.03. The van der Waals surface area contributed by atoms with Crippen LogP contribution in [0.1, 0.15) is 27.2 Å². The zero-order chi connectivity index (χ0) is 14.4. The van der Waals surface area contributed by atoms with Crippen LogP contribution in [0.15, 0.2) is 24.5 Å². The number of rotatable bonds is 6. The Hall–Kier alpha value is -1.95. The molecule has 2 aromatic heterocycles. The molecular weight excluding hydrogens is 272 g/mol. The van der Waals surface area contributed by atoms with Crippen LogP contribution >= 0.6 is 11.3 Å². The summed E-state index contributed by atoms with van der Waals surface area (Å²) in [7, 11) is 0. The molecule has 2 rings (SSSR count). The lowest BCUT2D eigenvalue weighted by atomic mass is 10.2. The molecule has 0 saturated carbocycles. The second-order valence-corrected chi connectivity index (χ2v) is 5.65. The summed E-state index contributed by atoms with van der Waals surface area (Å²) in [6, 6.07) is 3.59. The Morgan fingerprint density at radius 3 is 2.75 bits per heavy atom. The van der Waals surface area contributed by atoms with Crippen molar-refractivity contribution in [2.24, 2.45) is 0 Å². The van der Waals surface area contributed by atoms with E-state index in [-0.39, 0.29) is 5.91 Å². The molecule has 5 nitrogen and oxygen atoms in total. The Balaban J connectivity index is 1.83. The van der Waals surface area contributed by atoms with Crippen molar-refractivity contribution in [3.63, 3.8) is 0 Å². The summed E-state index contributed by atoms with van der Waals surface area (Å²) in [6.45, 7) is 5.34. The number of aromatic nitrogens is 2. The van der Waals surface area contributed by atoms with Crippen LogP contribution in [0.5, 0.6) is 0 Å². The number of thiazole rings is 1. The standard InChI is InChI=1S/C14H18N4OS/c1-3-15-14(19)11-4-5-12(17-9-11)16-7-6-13-18-8-10(2)20-13/h4-5,8-9H,3,6-7H2,1-2H3,(H,15,19)(H,16,17). The van der Waals surface area contributed by atoms with Crippen molar-refractivity contribution in [2.75, 3.05) is 18.4 Å². The SMILES string of the molecule is CCNC(=O)c1ccc(NCCc2ncc(C)s2)nc1. The van der Waals surface area contributed by atoms with E-state index in [0.29, 0.717) is 12.1 Å². The van der Waals surface area contributed by atoms with Crippen LogP contribution in [-0.4, -0.2) is 29.0 Å². The summed E-state index contributed by atoms with van der Waals surface area (Å²) in [4.78, 5) is 21.3. The first-order valence-electron chi connectivity index (χ1n) is 6.58. The van der Waals surface area contributed by atoms with E-state index in [4.69, 9.17) is 0 Å². The molecule has 0 radical (unpaired) electrons. The summed E-state index contributed by atoms with van der Waals surface area (Å²) in [6.07, 6.45) is 4.35. The lowest BCUT2D eigenvalue weighted by molar-refractivity contribution is 0.0955. The molecule has 106 valence electrons. The third-order valence-electron chi connectivity index (χ3n) is 2.68. The number of anilines is 1. The minimum Gasteiger partial charge on any atom is -0.370 e. The highest BCUT2D eigenvalue weighted by molar-refractivity contribution is 7.11. The molecule has 0 fully saturated rings. The Labute approximate surface area is 122 Å². The summed E-state index contributed by atoms with van der Waals surface area (Å²) < 4.78 is 0. The smallest absolute Gasteiger partial charge is 0.252 e. The van der Waals surface area contributed by atoms with Crippen molar-refractivity contribution in [3.8, 4) is 0 Å². The van der Waals surface area contributed by atoms with Gasteiger partial charge in [0.2, 0.25) is 0 Å². The van der Waals surface area contributed by atoms with Gasteiger partial charge in [0.15, 0.2) is 0 Å². The molecule has 0 bridgehead atoms. The molecule has 0 saturated heterocycles. The van der Waals surface area contributed by atoms with Crippen LogP contribution in [-0.2, 0) is 6.42 Å². The zero-order valence-electron chi connectivity index (χ0n) is 11.6. The average molecular weight is 290 g/mol. The second-order valence-electron chi connectivity index (χ2n) is 4.33. The monoisotopic (exact) mass is 290 g/mol. The van der Waals surface area contributed by atoms with Crippen LogP contribution in [0, 0.1) is 6.92 Å². The largest absolute Gasteiger partial charge is 0.370 e. The van der Waals surface area contributed by atoms with Crippen LogP contribution in [0.25, 0.3) is 0 Å². The zero-order valence-corrected chi connectivity index (χ0v) is 12.5. The van der Waals surface area contributed by atoms with Crippen LogP contribution < -0.4 is 10.6 Å². The normalized spacial score (nSPS) is 10.3. The Morgan fingerprint density at radius 2 is 2.15 bits per heavy atom. The Bertz CT molecular complexity index is 565. The van der Waals surface area contributed by atoms with E-state index in [1.807, 2.05) is 19.2 Å². The van der Waals surface area contributed by atoms with Crippen LogP contribution in [0.3, 0.4) is 0 Å². The summed E-state index contributed by atoms with van der Waals surface area (Å²) in [5.74, 6) is 0.677. The molecule has 0 aromatic carbocycles. The van der Waals surface area contributed by atoms with Gasteiger partial charge in [-0.05, 0) is 26.0 Å². The van der Waals surface area contributed by atoms with Crippen molar-refractivity contribution >= 4 is 23.1 Å². The Kier molecular flexibility index (Phi) is 5.06. The number of nitrogens with zero attached hydrogens (tertiary/aromatic N) is 2. The van der Waals surface area contributed by atoms with Gasteiger partial charge in [0.1, 0.15) is 5.82 Å². The third-order valence-corrected chi connectivity index (χ3v) is 3.65. The number of carbonyl (C=O) groups is 1. The minimum atomic E-state index is -0.0928. The predicted molar refractivity (Wildman–Crippen MR) is 81.3 cm³/mol. The van der Waals surface area contributed by atoms with Gasteiger partial charge in [-0.1, -0.05) is 0 Å². The molecule has 20 heavy (non-hydrogen) atoms. The average Bonchev–Trinajstić information content (AvgIpc) is 2.85. The van der Waals surface area contributed by atoms with Crippen molar-refractivity contribution in [3.05, 3.63) is 40.0 Å². The lowest BCUT2D eigenvalue weighted by Gasteiger charge is -2.05. The van der Waals surface area contributed by atoms with E-state index in [2.05, 4.69) is 27.5 Å². The van der Waals surface area contributed by atoms with E-state index < -0.39 is 0 Å². The number of hydrogen-bond acceptors (Lipinski definition) is 5. The predicted octanol–water partition coefficient (Wildman–Crippen LogP) is 2.25. The molecule has 6 heteroatoms. The van der Waals surface area contributed by atoms with E-state index >= 15 is 0 Å². The van der Waals surface area contributed by atoms with Crippen molar-refractivity contribution < 1.29 is 4.79 Å². The van der Waals surface area contributed by atoms with Gasteiger partial charge in [0, 0.05) is 36.8 Å². The first-order valence-corrected chi connectivity index (χ1v) is 7.40. The summed E-state index contributed by atoms with van der Waals surface area (Å²) in [5.41, 5.74) is 0.577. The summed E-state index contributed by atoms with van der Waals surface area (Å²) >= 11 is 1.71. The molecule has 0 atom stereocenters. The molecule has 0 aliphatic carbocycles. The molecule has 2 N–H and O–H groups in total. The molecule has 0 aliphatic heterocycles. The molecule has 1 amide bonds. The van der Waals surface area contributed by atoms with Crippen molar-refractivity contribution in [2.45, 2.75) is 20.3 Å². The number of pyridine rings is 1. The highest BCUT2D eigenvalue weighted by atomic mass is 32.1. The topological polar surface area (TPSA) is 66.9 Å². The maximum atomic E-state index is 11.6. The first kappa shape index (κ1) is 14.5. The van der Waals surface area contributed by atoms with Gasteiger partial charge in [-0.3, -0.25) is 4.79 Å². The van der Waals surface area contributed by atoms with E-state index in [0.717, 1.165) is 23.8 Å². The number of amides is 1. The fourth-order valence-corrected chi connectivity index (χ4v) is 2.50. The minimum absolute atomic E-state index is 0.0928. The van der Waals surface area contributed by atoms with Gasteiger partial charge in [-0.25, -0.2) is 9.97 Å². The van der Waals surface area contributed by atoms with Crippen molar-refractivity contribution in [1.29, 1.82) is 0 Å².